The first-order valence-corrected chi connectivity index (χ1v) is 9.66. The third-order valence-corrected chi connectivity index (χ3v) is 5.25. The van der Waals surface area contributed by atoms with Gasteiger partial charge < -0.3 is 9.80 Å². The van der Waals surface area contributed by atoms with Gasteiger partial charge in [-0.15, -0.1) is 0 Å². The van der Waals surface area contributed by atoms with Gasteiger partial charge in [-0.3, -0.25) is 14.5 Å². The van der Waals surface area contributed by atoms with Crippen LogP contribution in [-0.2, 0) is 4.79 Å². The molecule has 0 aromatic heterocycles. The molecule has 1 saturated heterocycles. The first-order chi connectivity index (χ1) is 13.5. The highest BCUT2D eigenvalue weighted by molar-refractivity contribution is 5.97. The standard InChI is InChI=1S/C22H26FN3O2/c1-3-26(20-7-5-4-6-8-20)21(27)17(2)24-13-15-25(16-14-24)22(28)18-9-11-19(23)12-10-18/h4-12,17H,3,13-16H2,1-2H3. The van der Waals surface area contributed by atoms with Crippen molar-refractivity contribution in [2.24, 2.45) is 0 Å². The zero-order chi connectivity index (χ0) is 20.1. The van der Waals surface area contributed by atoms with Crippen LogP contribution in [0.1, 0.15) is 24.2 Å². The van der Waals surface area contributed by atoms with E-state index in [1.165, 1.54) is 24.3 Å². The van der Waals surface area contributed by atoms with Crippen molar-refractivity contribution in [1.82, 2.24) is 9.80 Å². The molecule has 0 aliphatic carbocycles. The highest BCUT2D eigenvalue weighted by Crippen LogP contribution is 2.17. The summed E-state index contributed by atoms with van der Waals surface area (Å²) in [6, 6.07) is 15.0. The Bertz CT molecular complexity index is 802. The highest BCUT2D eigenvalue weighted by atomic mass is 19.1. The highest BCUT2D eigenvalue weighted by Gasteiger charge is 2.30. The van der Waals surface area contributed by atoms with Gasteiger partial charge in [0.05, 0.1) is 6.04 Å². The molecule has 0 N–H and O–H groups in total. The van der Waals surface area contributed by atoms with E-state index in [9.17, 15) is 14.0 Å². The largest absolute Gasteiger partial charge is 0.336 e. The van der Waals surface area contributed by atoms with Crippen molar-refractivity contribution in [3.8, 4) is 0 Å². The van der Waals surface area contributed by atoms with Crippen molar-refractivity contribution >= 4 is 17.5 Å². The molecule has 2 amide bonds. The van der Waals surface area contributed by atoms with E-state index in [0.717, 1.165) is 5.69 Å². The normalized spacial score (nSPS) is 15.9. The van der Waals surface area contributed by atoms with Crippen molar-refractivity contribution in [3.05, 3.63) is 66.0 Å². The minimum atomic E-state index is -0.354. The van der Waals surface area contributed by atoms with Crippen LogP contribution in [0.4, 0.5) is 10.1 Å². The number of carbonyl (C=O) groups excluding carboxylic acids is 2. The third kappa shape index (κ3) is 4.39. The lowest BCUT2D eigenvalue weighted by Gasteiger charge is -2.39. The summed E-state index contributed by atoms with van der Waals surface area (Å²) in [4.78, 5) is 31.2. The second kappa shape index (κ2) is 8.97. The Morgan fingerprint density at radius 3 is 2.18 bits per heavy atom. The van der Waals surface area contributed by atoms with Crippen LogP contribution in [0.5, 0.6) is 0 Å². The predicted molar refractivity (Wildman–Crippen MR) is 108 cm³/mol. The van der Waals surface area contributed by atoms with Gasteiger partial charge in [-0.25, -0.2) is 4.39 Å². The van der Waals surface area contributed by atoms with Gasteiger partial charge in [0, 0.05) is 44.0 Å². The smallest absolute Gasteiger partial charge is 0.253 e. The number of piperazine rings is 1. The summed E-state index contributed by atoms with van der Waals surface area (Å²) in [6.45, 7) is 6.85. The molecule has 1 aliphatic rings. The van der Waals surface area contributed by atoms with E-state index < -0.39 is 0 Å². The first-order valence-electron chi connectivity index (χ1n) is 9.66. The van der Waals surface area contributed by atoms with Gasteiger partial charge in [-0.1, -0.05) is 18.2 Å². The zero-order valence-corrected chi connectivity index (χ0v) is 16.3. The lowest BCUT2D eigenvalue weighted by molar-refractivity contribution is -0.123. The molecular weight excluding hydrogens is 357 g/mol. The summed E-state index contributed by atoms with van der Waals surface area (Å²) >= 11 is 0. The van der Waals surface area contributed by atoms with Crippen LogP contribution in [0.3, 0.4) is 0 Å². The molecule has 2 aromatic rings. The number of hydrogen-bond acceptors (Lipinski definition) is 3. The Hall–Kier alpha value is -2.73. The van der Waals surface area contributed by atoms with Crippen LogP contribution in [0.25, 0.3) is 0 Å². The van der Waals surface area contributed by atoms with E-state index in [0.29, 0.717) is 38.3 Å². The quantitative estimate of drug-likeness (QED) is 0.797. The molecule has 0 saturated carbocycles. The number of likely N-dealkylation sites (N-methyl/N-ethyl adjacent to an activating group) is 1. The first kappa shape index (κ1) is 20.0. The number of rotatable bonds is 5. The number of anilines is 1. The number of carbonyl (C=O) groups is 2. The van der Waals surface area contributed by atoms with Gasteiger partial charge >= 0.3 is 0 Å². The topological polar surface area (TPSA) is 43.9 Å². The minimum absolute atomic E-state index is 0.0620. The average Bonchev–Trinajstić information content (AvgIpc) is 2.74. The maximum absolute atomic E-state index is 13.1. The minimum Gasteiger partial charge on any atom is -0.336 e. The fraction of sp³-hybridized carbons (Fsp3) is 0.364. The number of halogens is 1. The number of nitrogens with zero attached hydrogens (tertiary/aromatic N) is 3. The Kier molecular flexibility index (Phi) is 6.41. The number of hydrogen-bond donors (Lipinski definition) is 0. The van der Waals surface area contributed by atoms with E-state index in [-0.39, 0.29) is 23.7 Å². The van der Waals surface area contributed by atoms with Gasteiger partial charge in [0.25, 0.3) is 5.91 Å². The summed E-state index contributed by atoms with van der Waals surface area (Å²) in [7, 11) is 0. The summed E-state index contributed by atoms with van der Waals surface area (Å²) in [5.41, 5.74) is 1.38. The van der Waals surface area contributed by atoms with E-state index in [1.54, 1.807) is 9.80 Å². The fourth-order valence-electron chi connectivity index (χ4n) is 3.54. The van der Waals surface area contributed by atoms with Gasteiger partial charge in [0.1, 0.15) is 5.82 Å². The number of amides is 2. The number of para-hydroxylation sites is 1. The summed E-state index contributed by atoms with van der Waals surface area (Å²) in [5, 5.41) is 0. The second-order valence-corrected chi connectivity index (χ2v) is 6.93. The summed E-state index contributed by atoms with van der Waals surface area (Å²) < 4.78 is 13.1. The molecule has 1 unspecified atom stereocenters. The van der Waals surface area contributed by atoms with Crippen LogP contribution in [-0.4, -0.2) is 60.4 Å². The molecule has 28 heavy (non-hydrogen) atoms. The SMILES string of the molecule is CCN(C(=O)C(C)N1CCN(C(=O)c2ccc(F)cc2)CC1)c1ccccc1. The second-order valence-electron chi connectivity index (χ2n) is 6.93. The zero-order valence-electron chi connectivity index (χ0n) is 16.3. The molecular formula is C22H26FN3O2. The lowest BCUT2D eigenvalue weighted by atomic mass is 10.1. The molecule has 148 valence electrons. The lowest BCUT2D eigenvalue weighted by Crippen LogP contribution is -2.55. The van der Waals surface area contributed by atoms with Gasteiger partial charge in [0.15, 0.2) is 0 Å². The maximum Gasteiger partial charge on any atom is 0.253 e. The van der Waals surface area contributed by atoms with E-state index in [4.69, 9.17) is 0 Å². The summed E-state index contributed by atoms with van der Waals surface area (Å²) in [6.07, 6.45) is 0. The third-order valence-electron chi connectivity index (χ3n) is 5.25. The predicted octanol–water partition coefficient (Wildman–Crippen LogP) is 3.03. The molecule has 3 rings (SSSR count). The molecule has 0 radical (unpaired) electrons. The average molecular weight is 383 g/mol. The molecule has 1 atom stereocenters. The van der Waals surface area contributed by atoms with E-state index in [1.807, 2.05) is 44.2 Å². The molecule has 6 heteroatoms. The van der Waals surface area contributed by atoms with E-state index in [2.05, 4.69) is 4.90 Å². The Morgan fingerprint density at radius 1 is 1.00 bits per heavy atom. The Balaban J connectivity index is 1.60. The monoisotopic (exact) mass is 383 g/mol. The van der Waals surface area contributed by atoms with E-state index >= 15 is 0 Å². The molecule has 1 aliphatic heterocycles. The van der Waals surface area contributed by atoms with Crippen molar-refractivity contribution < 1.29 is 14.0 Å². The molecule has 1 heterocycles. The molecule has 1 fully saturated rings. The molecule has 0 spiro atoms. The molecule has 2 aromatic carbocycles. The van der Waals surface area contributed by atoms with Crippen molar-refractivity contribution in [1.29, 1.82) is 0 Å². The molecule has 0 bridgehead atoms. The maximum atomic E-state index is 13.1. The van der Waals surface area contributed by atoms with Crippen molar-refractivity contribution in [2.75, 3.05) is 37.6 Å². The van der Waals surface area contributed by atoms with Crippen LogP contribution in [0, 0.1) is 5.82 Å². The Labute approximate surface area is 165 Å². The van der Waals surface area contributed by atoms with Crippen molar-refractivity contribution in [3.63, 3.8) is 0 Å². The number of benzene rings is 2. The van der Waals surface area contributed by atoms with Crippen LogP contribution in [0.2, 0.25) is 0 Å². The van der Waals surface area contributed by atoms with Crippen LogP contribution < -0.4 is 4.90 Å². The van der Waals surface area contributed by atoms with Crippen LogP contribution >= 0.6 is 0 Å². The fourth-order valence-corrected chi connectivity index (χ4v) is 3.54. The van der Waals surface area contributed by atoms with Crippen LogP contribution in [0.15, 0.2) is 54.6 Å². The Morgan fingerprint density at radius 2 is 1.61 bits per heavy atom. The molecule has 5 nitrogen and oxygen atoms in total. The van der Waals surface area contributed by atoms with Gasteiger partial charge in [-0.05, 0) is 50.2 Å². The van der Waals surface area contributed by atoms with Crippen molar-refractivity contribution in [2.45, 2.75) is 19.9 Å². The summed E-state index contributed by atoms with van der Waals surface area (Å²) in [5.74, 6) is -0.391. The van der Waals surface area contributed by atoms with Gasteiger partial charge in [-0.2, -0.15) is 0 Å². The van der Waals surface area contributed by atoms with Gasteiger partial charge in [0.2, 0.25) is 5.91 Å².